The van der Waals surface area contributed by atoms with Crippen molar-refractivity contribution in [3.05, 3.63) is 46.4 Å². The standard InChI is InChI=1S/C20H18N2O4.3H2O.2H2/c1-8(23)14-13(25)7-11-6-10-5-9-3-2-4-12(24)15(9)18-16(10)19(22-21-18)17(11)20(14)26;;;;;/h2-4,10-11,17,24,26H,5-7H2,1H3,(H,21,22);3*1H2;2*1H. The summed E-state index contributed by atoms with van der Waals surface area (Å²) in [5.74, 6) is -0.875. The number of rotatable bonds is 1. The highest BCUT2D eigenvalue weighted by Crippen LogP contribution is 2.55. The Labute approximate surface area is 169 Å². The van der Waals surface area contributed by atoms with Crippen LogP contribution in [0.2, 0.25) is 0 Å². The van der Waals surface area contributed by atoms with Crippen LogP contribution >= 0.6 is 0 Å². The first kappa shape index (κ1) is 22.3. The molecule has 3 atom stereocenters. The molecule has 1 aromatic carbocycles. The Hall–Kier alpha value is -3.01. The van der Waals surface area contributed by atoms with E-state index < -0.39 is 11.7 Å². The number of nitrogens with one attached hydrogen (secondary N) is 1. The highest BCUT2D eigenvalue weighted by Gasteiger charge is 2.47. The SMILES string of the molecule is CC(=O)C1=C(O)C2c3[nH]nc4c3C(Cc3cccc(O)c3-4)CC2CC1=O.O.O.O.[HH].[HH]. The van der Waals surface area contributed by atoms with Crippen LogP contribution in [0.15, 0.2) is 29.5 Å². The highest BCUT2D eigenvalue weighted by atomic mass is 16.3. The van der Waals surface area contributed by atoms with Crippen LogP contribution in [0.25, 0.3) is 11.3 Å². The second-order valence-corrected chi connectivity index (χ2v) is 7.53. The van der Waals surface area contributed by atoms with Crippen molar-refractivity contribution < 1.29 is 39.1 Å². The number of nitrogens with zero attached hydrogens (tertiary/aromatic N) is 1. The number of hydrogen-bond acceptors (Lipinski definition) is 5. The second-order valence-electron chi connectivity index (χ2n) is 7.53. The van der Waals surface area contributed by atoms with Crippen LogP contribution in [0.4, 0.5) is 0 Å². The molecule has 9 heteroatoms. The van der Waals surface area contributed by atoms with Crippen LogP contribution in [-0.4, -0.2) is 48.4 Å². The summed E-state index contributed by atoms with van der Waals surface area (Å²) in [5.41, 5.74) is 4.21. The second kappa shape index (κ2) is 7.43. The van der Waals surface area contributed by atoms with Crippen molar-refractivity contribution in [2.45, 2.75) is 38.0 Å². The van der Waals surface area contributed by atoms with Crippen molar-refractivity contribution in [2.75, 3.05) is 0 Å². The number of carbonyl (C=O) groups is 2. The van der Waals surface area contributed by atoms with Gasteiger partial charge in [0.1, 0.15) is 11.5 Å². The molecule has 0 spiro atoms. The minimum Gasteiger partial charge on any atom is -0.511 e. The van der Waals surface area contributed by atoms with E-state index >= 15 is 0 Å². The highest BCUT2D eigenvalue weighted by molar-refractivity contribution is 6.20. The van der Waals surface area contributed by atoms with E-state index in [1.807, 2.05) is 12.1 Å². The third kappa shape index (κ3) is 2.86. The summed E-state index contributed by atoms with van der Waals surface area (Å²) in [5, 5.41) is 28.5. The number of ketones is 2. The molecule has 0 aliphatic heterocycles. The van der Waals surface area contributed by atoms with Crippen molar-refractivity contribution in [3.8, 4) is 17.0 Å². The van der Waals surface area contributed by atoms with E-state index in [-0.39, 0.29) is 60.4 Å². The molecule has 0 amide bonds. The number of H-pyrrole nitrogens is 1. The molecule has 29 heavy (non-hydrogen) atoms. The fraction of sp³-hybridized carbons (Fsp3) is 0.350. The van der Waals surface area contributed by atoms with Crippen molar-refractivity contribution in [2.24, 2.45) is 5.92 Å². The monoisotopic (exact) mass is 408 g/mol. The maximum Gasteiger partial charge on any atom is 0.170 e. The smallest absolute Gasteiger partial charge is 0.170 e. The number of hydrogen-bond donors (Lipinski definition) is 3. The third-order valence-electron chi connectivity index (χ3n) is 6.07. The predicted octanol–water partition coefficient (Wildman–Crippen LogP) is 0.917. The summed E-state index contributed by atoms with van der Waals surface area (Å²) >= 11 is 0. The molecule has 1 heterocycles. The van der Waals surface area contributed by atoms with Crippen LogP contribution in [0.3, 0.4) is 0 Å². The lowest BCUT2D eigenvalue weighted by molar-refractivity contribution is -0.122. The molecule has 160 valence electrons. The van der Waals surface area contributed by atoms with Gasteiger partial charge in [-0.05, 0) is 43.2 Å². The average Bonchev–Trinajstić information content (AvgIpc) is 3.00. The fourth-order valence-corrected chi connectivity index (χ4v) is 5.12. The molecule has 5 rings (SSSR count). The summed E-state index contributed by atoms with van der Waals surface area (Å²) in [4.78, 5) is 24.2. The number of phenols is 1. The van der Waals surface area contributed by atoms with Gasteiger partial charge in [-0.25, -0.2) is 0 Å². The van der Waals surface area contributed by atoms with Gasteiger partial charge in [0.2, 0.25) is 0 Å². The molecule has 0 fully saturated rings. The zero-order chi connectivity index (χ0) is 18.2. The summed E-state index contributed by atoms with van der Waals surface area (Å²) in [6.45, 7) is 1.31. The third-order valence-corrected chi connectivity index (χ3v) is 6.07. The van der Waals surface area contributed by atoms with E-state index in [1.54, 1.807) is 6.07 Å². The van der Waals surface area contributed by atoms with E-state index in [9.17, 15) is 19.8 Å². The van der Waals surface area contributed by atoms with Gasteiger partial charge in [-0.2, -0.15) is 5.10 Å². The Kier molecular flexibility index (Phi) is 5.71. The lowest BCUT2D eigenvalue weighted by Gasteiger charge is -2.40. The van der Waals surface area contributed by atoms with Crippen LogP contribution in [0.5, 0.6) is 5.75 Å². The Bertz CT molecular complexity index is 1030. The van der Waals surface area contributed by atoms with Crippen LogP contribution in [-0.2, 0) is 16.0 Å². The summed E-state index contributed by atoms with van der Waals surface area (Å²) < 4.78 is 0. The van der Waals surface area contributed by atoms with Gasteiger partial charge in [0.05, 0.1) is 22.9 Å². The number of allylic oxidation sites excluding steroid dienone is 2. The van der Waals surface area contributed by atoms with Gasteiger partial charge in [0.25, 0.3) is 0 Å². The number of phenolic OH excluding ortho intramolecular Hbond substituents is 1. The molecule has 2 aromatic rings. The Morgan fingerprint density at radius 2 is 1.93 bits per heavy atom. The molecular formula is C20H28N2O7. The van der Waals surface area contributed by atoms with Crippen molar-refractivity contribution in [1.29, 1.82) is 0 Å². The number of fused-ring (bicyclic) bond motifs is 4. The number of aromatic amines is 1. The van der Waals surface area contributed by atoms with Gasteiger partial charge in [-0.3, -0.25) is 14.7 Å². The van der Waals surface area contributed by atoms with E-state index in [0.717, 1.165) is 40.9 Å². The molecule has 1 aromatic heterocycles. The van der Waals surface area contributed by atoms with Gasteiger partial charge in [-0.1, -0.05) is 12.1 Å². The summed E-state index contributed by atoms with van der Waals surface area (Å²) in [6, 6.07) is 5.47. The number of aromatic hydroxyl groups is 1. The molecule has 9 nitrogen and oxygen atoms in total. The zero-order valence-electron chi connectivity index (χ0n) is 15.7. The van der Waals surface area contributed by atoms with E-state index in [0.29, 0.717) is 0 Å². The minimum absolute atomic E-state index is 0. The predicted molar refractivity (Wildman–Crippen MR) is 108 cm³/mol. The van der Waals surface area contributed by atoms with Crippen molar-refractivity contribution in [3.63, 3.8) is 0 Å². The number of aromatic nitrogens is 2. The number of aliphatic hydroxyl groups is 1. The van der Waals surface area contributed by atoms with Crippen molar-refractivity contribution in [1.82, 2.24) is 10.2 Å². The van der Waals surface area contributed by atoms with E-state index in [1.165, 1.54) is 6.92 Å². The molecule has 3 aliphatic rings. The molecule has 3 aliphatic carbocycles. The summed E-state index contributed by atoms with van der Waals surface area (Å²) in [7, 11) is 0. The number of carbonyl (C=O) groups excluding carboxylic acids is 2. The molecule has 0 bridgehead atoms. The van der Waals surface area contributed by atoms with Crippen LogP contribution < -0.4 is 0 Å². The maximum absolute atomic E-state index is 12.4. The summed E-state index contributed by atoms with van der Waals surface area (Å²) in [6.07, 6.45) is 1.78. The van der Waals surface area contributed by atoms with E-state index in [4.69, 9.17) is 0 Å². The van der Waals surface area contributed by atoms with Gasteiger partial charge < -0.3 is 26.6 Å². The first-order valence-corrected chi connectivity index (χ1v) is 8.84. The van der Waals surface area contributed by atoms with E-state index in [2.05, 4.69) is 10.2 Å². The first-order chi connectivity index (χ1) is 12.5. The number of aliphatic hydroxyl groups excluding tert-OH is 1. The average molecular weight is 408 g/mol. The maximum atomic E-state index is 12.4. The first-order valence-electron chi connectivity index (χ1n) is 8.84. The zero-order valence-corrected chi connectivity index (χ0v) is 15.7. The Morgan fingerprint density at radius 3 is 2.62 bits per heavy atom. The molecule has 0 radical (unpaired) electrons. The van der Waals surface area contributed by atoms with Gasteiger partial charge in [0, 0.05) is 20.4 Å². The Morgan fingerprint density at radius 1 is 1.21 bits per heavy atom. The largest absolute Gasteiger partial charge is 0.511 e. The molecule has 0 saturated carbocycles. The molecule has 0 saturated heterocycles. The lowest BCUT2D eigenvalue weighted by Crippen LogP contribution is -2.35. The van der Waals surface area contributed by atoms with Gasteiger partial charge in [0.15, 0.2) is 11.6 Å². The Balaban J connectivity index is 0.00000180. The van der Waals surface area contributed by atoms with Crippen LogP contribution in [0.1, 0.15) is 51.3 Å². The number of Topliss-reactive ketones (excluding diaryl/α,β-unsaturated/α-hetero) is 2. The minimum atomic E-state index is -0.411. The molecule has 3 unspecified atom stereocenters. The molecular weight excluding hydrogens is 380 g/mol. The quantitative estimate of drug-likeness (QED) is 0.588. The normalized spacial score (nSPS) is 23.5. The molecule has 9 N–H and O–H groups in total. The van der Waals surface area contributed by atoms with Gasteiger partial charge in [-0.15, -0.1) is 0 Å². The fourth-order valence-electron chi connectivity index (χ4n) is 5.12. The lowest BCUT2D eigenvalue weighted by atomic mass is 9.63. The number of benzene rings is 1. The topological polar surface area (TPSA) is 198 Å². The van der Waals surface area contributed by atoms with Gasteiger partial charge >= 0.3 is 0 Å². The van der Waals surface area contributed by atoms with Crippen molar-refractivity contribution >= 4 is 11.6 Å². The van der Waals surface area contributed by atoms with Crippen LogP contribution in [0, 0.1) is 5.92 Å².